The number of Topliss-reactive ketones (excluding diaryl/α,β-unsaturated/α-hetero) is 1. The second kappa shape index (κ2) is 7.65. The van der Waals surface area contributed by atoms with Crippen molar-refractivity contribution in [3.05, 3.63) is 11.3 Å². The molecule has 4 aliphatic rings. The Morgan fingerprint density at radius 2 is 1.83 bits per heavy atom. The summed E-state index contributed by atoms with van der Waals surface area (Å²) in [6, 6.07) is 0. The Hall–Kier alpha value is -1.70. The maximum Gasteiger partial charge on any atom is 0.534 e. The van der Waals surface area contributed by atoms with Gasteiger partial charge in [0, 0.05) is 24.2 Å². The molecule has 0 amide bonds. The predicted octanol–water partition coefficient (Wildman–Crippen LogP) is 2.37. The molecule has 4 unspecified atom stereocenters. The van der Waals surface area contributed by atoms with Crippen molar-refractivity contribution in [2.45, 2.75) is 82.3 Å². The zero-order valence-electron chi connectivity index (χ0n) is 20.0. The number of carbonyl (C=O) groups excluding carboxylic acids is 2. The molecule has 2 bridgehead atoms. The van der Waals surface area contributed by atoms with Gasteiger partial charge in [-0.1, -0.05) is 13.8 Å². The molecule has 1 saturated heterocycles. The molecular weight excluding hydrogens is 497 g/mol. The lowest BCUT2D eigenvalue weighted by molar-refractivity contribution is -0.325. The van der Waals surface area contributed by atoms with Crippen LogP contribution in [0.5, 0.6) is 0 Å². The molecule has 1 N–H and O–H groups in total. The van der Waals surface area contributed by atoms with Gasteiger partial charge in [0.2, 0.25) is 11.4 Å². The van der Waals surface area contributed by atoms with Gasteiger partial charge in [0.05, 0.1) is 12.3 Å². The summed E-state index contributed by atoms with van der Waals surface area (Å²) in [6.45, 7) is 8.11. The molecule has 1 aliphatic heterocycles. The van der Waals surface area contributed by atoms with Crippen LogP contribution in [0.2, 0.25) is 0 Å². The van der Waals surface area contributed by atoms with Gasteiger partial charge in [-0.25, -0.2) is 0 Å². The molecule has 4 rings (SSSR count). The molecule has 7 atom stereocenters. The number of esters is 1. The number of carbonyl (C=O) groups is 2. The largest absolute Gasteiger partial charge is 0.534 e. The van der Waals surface area contributed by atoms with E-state index in [0.29, 0.717) is 6.42 Å². The molecule has 2 saturated carbocycles. The number of ketones is 1. The lowest BCUT2D eigenvalue weighted by Gasteiger charge is -2.62. The molecule has 3 aliphatic carbocycles. The predicted molar refractivity (Wildman–Crippen MR) is 112 cm³/mol. The minimum atomic E-state index is -6.21. The van der Waals surface area contributed by atoms with Crippen LogP contribution in [0.4, 0.5) is 13.2 Å². The normalized spacial score (nSPS) is 43.2. The number of alkyl halides is 3. The summed E-state index contributed by atoms with van der Waals surface area (Å²) < 4.78 is 85.5. The molecule has 0 spiro atoms. The fraction of sp³-hybridized carbons (Fsp3) is 0.818. The van der Waals surface area contributed by atoms with Crippen molar-refractivity contribution in [3.8, 4) is 0 Å². The van der Waals surface area contributed by atoms with Crippen LogP contribution in [0.3, 0.4) is 0 Å². The van der Waals surface area contributed by atoms with Crippen molar-refractivity contribution in [2.75, 3.05) is 13.2 Å². The number of halogens is 3. The molecule has 0 aromatic rings. The molecule has 13 heteroatoms. The lowest BCUT2D eigenvalue weighted by atomic mass is 9.55. The zero-order valence-corrected chi connectivity index (χ0v) is 20.8. The van der Waals surface area contributed by atoms with Crippen molar-refractivity contribution in [2.24, 2.45) is 17.3 Å². The number of ether oxygens (including phenoxy) is 3. The Balaban J connectivity index is 2.05. The first kappa shape index (κ1) is 26.4. The molecule has 1 heterocycles. The average molecular weight is 527 g/mol. The van der Waals surface area contributed by atoms with E-state index in [2.05, 4.69) is 4.18 Å². The SMILES string of the molecule is CCOC1C(C)CC[C@@]2(OCC)C13OC(=O)C[C@]2(C)[C@H]1C(=O)C(OS(=O)(=O)C(F)(F)F)=C(C)C13O. The number of hydrogen-bond acceptors (Lipinski definition) is 9. The first-order chi connectivity index (χ1) is 16.0. The maximum atomic E-state index is 13.7. The van der Waals surface area contributed by atoms with E-state index in [1.807, 2.05) is 6.92 Å². The molecule has 35 heavy (non-hydrogen) atoms. The van der Waals surface area contributed by atoms with Crippen molar-refractivity contribution < 1.29 is 54.7 Å². The first-order valence-corrected chi connectivity index (χ1v) is 12.9. The Morgan fingerprint density at radius 1 is 1.20 bits per heavy atom. The highest BCUT2D eigenvalue weighted by atomic mass is 32.2. The van der Waals surface area contributed by atoms with Gasteiger partial charge in [-0.3, -0.25) is 9.59 Å². The van der Waals surface area contributed by atoms with Gasteiger partial charge >= 0.3 is 21.6 Å². The third kappa shape index (κ3) is 2.83. The van der Waals surface area contributed by atoms with Gasteiger partial charge in [0.25, 0.3) is 0 Å². The molecule has 9 nitrogen and oxygen atoms in total. The third-order valence-electron chi connectivity index (χ3n) is 8.41. The van der Waals surface area contributed by atoms with E-state index in [1.165, 1.54) is 0 Å². The van der Waals surface area contributed by atoms with E-state index in [4.69, 9.17) is 14.2 Å². The van der Waals surface area contributed by atoms with Crippen LogP contribution in [-0.4, -0.2) is 66.9 Å². The zero-order chi connectivity index (χ0) is 26.4. The van der Waals surface area contributed by atoms with E-state index in [9.17, 15) is 36.3 Å². The summed E-state index contributed by atoms with van der Waals surface area (Å²) in [7, 11) is -6.21. The number of hydrogen-bond donors (Lipinski definition) is 1. The quantitative estimate of drug-likeness (QED) is 0.315. The van der Waals surface area contributed by atoms with E-state index < -0.39 is 73.0 Å². The van der Waals surface area contributed by atoms with Crippen LogP contribution in [0, 0.1) is 17.3 Å². The topological polar surface area (TPSA) is 125 Å². The molecule has 3 fully saturated rings. The molecule has 0 radical (unpaired) electrons. The number of aliphatic hydroxyl groups is 1. The van der Waals surface area contributed by atoms with E-state index in [-0.39, 0.29) is 32.0 Å². The van der Waals surface area contributed by atoms with Crippen molar-refractivity contribution in [3.63, 3.8) is 0 Å². The Bertz CT molecular complexity index is 1100. The smallest absolute Gasteiger partial charge is 0.450 e. The Labute approximate surface area is 201 Å². The monoisotopic (exact) mass is 526 g/mol. The standard InChI is InChI=1S/C22H29F3O9S/c1-6-31-17-11(3)8-9-19(32-7-2)18(5)10-13(26)33-21(17,19)20(28)12(4)15(14(27)16(18)20)34-35(29,30)22(23,24)25/h11,16-17,28H,6-10H2,1-5H3/t11?,16-,17?,18-,19+,20?,21?/m1/s1. The summed E-state index contributed by atoms with van der Waals surface area (Å²) >= 11 is 0. The number of allylic oxidation sites excluding steroid dienone is 1. The van der Waals surface area contributed by atoms with Crippen LogP contribution in [0.25, 0.3) is 0 Å². The molecular formula is C22H29F3O9S. The molecule has 0 aromatic carbocycles. The van der Waals surface area contributed by atoms with Crippen LogP contribution in [-0.2, 0) is 38.1 Å². The van der Waals surface area contributed by atoms with Crippen molar-refractivity contribution >= 4 is 21.9 Å². The minimum absolute atomic E-state index is 0.119. The van der Waals surface area contributed by atoms with Crippen molar-refractivity contribution in [1.82, 2.24) is 0 Å². The number of fused-ring (bicyclic) bond motifs is 2. The minimum Gasteiger partial charge on any atom is -0.450 e. The summed E-state index contributed by atoms with van der Waals surface area (Å²) in [5.74, 6) is -4.89. The van der Waals surface area contributed by atoms with E-state index >= 15 is 0 Å². The Kier molecular flexibility index (Phi) is 5.77. The van der Waals surface area contributed by atoms with Gasteiger partial charge in [-0.05, 0) is 39.5 Å². The molecule has 0 aromatic heterocycles. The summed E-state index contributed by atoms with van der Waals surface area (Å²) in [4.78, 5) is 26.6. The fourth-order valence-electron chi connectivity index (χ4n) is 7.30. The summed E-state index contributed by atoms with van der Waals surface area (Å²) in [6.07, 6.45) is -0.586. The molecule has 198 valence electrons. The van der Waals surface area contributed by atoms with Crippen LogP contribution < -0.4 is 0 Å². The second-order valence-electron chi connectivity index (χ2n) is 9.96. The van der Waals surface area contributed by atoms with Gasteiger partial charge in [-0.15, -0.1) is 0 Å². The van der Waals surface area contributed by atoms with Gasteiger partial charge in [-0.2, -0.15) is 21.6 Å². The van der Waals surface area contributed by atoms with Gasteiger partial charge in [0.15, 0.2) is 5.76 Å². The highest BCUT2D eigenvalue weighted by Crippen LogP contribution is 2.76. The van der Waals surface area contributed by atoms with Crippen LogP contribution >= 0.6 is 0 Å². The summed E-state index contributed by atoms with van der Waals surface area (Å²) in [5.41, 5.74) is -13.6. The second-order valence-corrected chi connectivity index (χ2v) is 11.5. The van der Waals surface area contributed by atoms with Gasteiger partial charge < -0.3 is 23.5 Å². The number of rotatable bonds is 6. The maximum absolute atomic E-state index is 13.7. The van der Waals surface area contributed by atoms with E-state index in [1.54, 1.807) is 20.8 Å². The van der Waals surface area contributed by atoms with Crippen LogP contribution in [0.1, 0.15) is 53.9 Å². The average Bonchev–Trinajstić information content (AvgIpc) is 2.96. The highest BCUT2D eigenvalue weighted by molar-refractivity contribution is 7.87. The van der Waals surface area contributed by atoms with Gasteiger partial charge in [0.1, 0.15) is 17.3 Å². The highest BCUT2D eigenvalue weighted by Gasteiger charge is 2.92. The summed E-state index contributed by atoms with van der Waals surface area (Å²) in [5, 5.41) is 12.4. The lowest BCUT2D eigenvalue weighted by Crippen LogP contribution is -2.78. The van der Waals surface area contributed by atoms with Crippen molar-refractivity contribution in [1.29, 1.82) is 0 Å². The fourth-order valence-corrected chi connectivity index (χ4v) is 7.82. The van der Waals surface area contributed by atoms with E-state index in [0.717, 1.165) is 6.92 Å². The third-order valence-corrected chi connectivity index (χ3v) is 9.36. The Morgan fingerprint density at radius 3 is 2.37 bits per heavy atom. The van der Waals surface area contributed by atoms with Crippen LogP contribution in [0.15, 0.2) is 11.3 Å². The first-order valence-electron chi connectivity index (χ1n) is 11.5.